The molecule has 0 bridgehead atoms. The topological polar surface area (TPSA) is 13.1 Å². The summed E-state index contributed by atoms with van der Waals surface area (Å²) in [6, 6.07) is 37.7. The Kier molecular flexibility index (Phi) is 5.05. The Morgan fingerprint density at radius 3 is 1.82 bits per heavy atom. The largest absolute Gasteiger partial charge is 0.456 e. The van der Waals surface area contributed by atoms with E-state index in [4.69, 9.17) is 16.0 Å². The van der Waals surface area contributed by atoms with E-state index >= 15 is 0 Å². The van der Waals surface area contributed by atoms with Crippen LogP contribution in [0.2, 0.25) is 5.02 Å². The Hall–Kier alpha value is -3.33. The van der Waals surface area contributed by atoms with Crippen LogP contribution in [-0.2, 0) is 0 Å². The molecular formula is C30H18BrClO. The van der Waals surface area contributed by atoms with E-state index in [9.17, 15) is 0 Å². The van der Waals surface area contributed by atoms with Crippen LogP contribution in [0.1, 0.15) is 0 Å². The smallest absolute Gasteiger partial charge is 0.136 e. The van der Waals surface area contributed by atoms with Gasteiger partial charge in [-0.25, -0.2) is 0 Å². The van der Waals surface area contributed by atoms with Gasteiger partial charge in [0.2, 0.25) is 0 Å². The summed E-state index contributed by atoms with van der Waals surface area (Å²) in [5, 5.41) is 2.98. The van der Waals surface area contributed by atoms with Gasteiger partial charge in [0.1, 0.15) is 11.2 Å². The molecule has 6 aromatic rings. The summed E-state index contributed by atoms with van der Waals surface area (Å²) in [4.78, 5) is 0. The van der Waals surface area contributed by atoms with Gasteiger partial charge in [-0.2, -0.15) is 0 Å². The van der Waals surface area contributed by atoms with Gasteiger partial charge >= 0.3 is 0 Å². The molecule has 0 amide bonds. The monoisotopic (exact) mass is 508 g/mol. The summed E-state index contributed by atoms with van der Waals surface area (Å²) >= 11 is 9.71. The molecule has 33 heavy (non-hydrogen) atoms. The summed E-state index contributed by atoms with van der Waals surface area (Å²) < 4.78 is 7.23. The number of rotatable bonds is 3. The van der Waals surface area contributed by atoms with E-state index in [-0.39, 0.29) is 0 Å². The highest BCUT2D eigenvalue weighted by Gasteiger charge is 2.14. The van der Waals surface area contributed by atoms with Gasteiger partial charge in [-0.1, -0.05) is 94.3 Å². The van der Waals surface area contributed by atoms with Crippen molar-refractivity contribution < 1.29 is 4.42 Å². The maximum absolute atomic E-state index is 6.19. The van der Waals surface area contributed by atoms with Crippen LogP contribution in [0.15, 0.2) is 118 Å². The van der Waals surface area contributed by atoms with Gasteiger partial charge in [0.25, 0.3) is 0 Å². The van der Waals surface area contributed by atoms with E-state index in [0.717, 1.165) is 42.6 Å². The molecule has 6 rings (SSSR count). The maximum atomic E-state index is 6.19. The average molecular weight is 510 g/mol. The third-order valence-electron chi connectivity index (χ3n) is 6.04. The average Bonchev–Trinajstić information content (AvgIpc) is 3.21. The zero-order chi connectivity index (χ0) is 22.4. The van der Waals surface area contributed by atoms with Crippen LogP contribution < -0.4 is 0 Å². The minimum Gasteiger partial charge on any atom is -0.456 e. The summed E-state index contributed by atoms with van der Waals surface area (Å²) in [6.07, 6.45) is 0. The first kappa shape index (κ1) is 20.3. The van der Waals surface area contributed by atoms with E-state index < -0.39 is 0 Å². The van der Waals surface area contributed by atoms with Crippen molar-refractivity contribution in [1.82, 2.24) is 0 Å². The normalized spacial score (nSPS) is 11.3. The Bertz CT molecular complexity index is 1630. The molecule has 0 aliphatic rings. The summed E-state index contributed by atoms with van der Waals surface area (Å²) in [6.45, 7) is 0. The second-order valence-electron chi connectivity index (χ2n) is 8.05. The fraction of sp³-hybridized carbons (Fsp3) is 0. The first-order valence-corrected chi connectivity index (χ1v) is 11.9. The second-order valence-corrected chi connectivity index (χ2v) is 9.40. The fourth-order valence-corrected chi connectivity index (χ4v) is 4.97. The van der Waals surface area contributed by atoms with E-state index in [2.05, 4.69) is 101 Å². The molecule has 0 unspecified atom stereocenters. The van der Waals surface area contributed by atoms with Crippen molar-refractivity contribution in [3.05, 3.63) is 119 Å². The van der Waals surface area contributed by atoms with E-state index in [0.29, 0.717) is 0 Å². The van der Waals surface area contributed by atoms with E-state index in [1.807, 2.05) is 24.3 Å². The third kappa shape index (κ3) is 3.66. The lowest BCUT2D eigenvalue weighted by Gasteiger charge is -2.15. The molecule has 1 heterocycles. The van der Waals surface area contributed by atoms with Crippen LogP contribution in [-0.4, -0.2) is 0 Å². The van der Waals surface area contributed by atoms with Crippen molar-refractivity contribution in [3.63, 3.8) is 0 Å². The second kappa shape index (κ2) is 8.22. The minimum absolute atomic E-state index is 0.739. The van der Waals surface area contributed by atoms with Gasteiger partial charge in [0.05, 0.1) is 0 Å². The van der Waals surface area contributed by atoms with Crippen molar-refractivity contribution in [3.8, 4) is 33.4 Å². The van der Waals surface area contributed by atoms with Crippen LogP contribution in [0.3, 0.4) is 0 Å². The quantitative estimate of drug-likeness (QED) is 0.231. The SMILES string of the molecule is Clc1ccc(-c2ccccc2-c2ccccc2-c2ccc3c(c2)oc2ccc(Br)cc23)cc1. The van der Waals surface area contributed by atoms with Crippen LogP contribution in [0.4, 0.5) is 0 Å². The molecule has 3 heteroatoms. The first-order chi connectivity index (χ1) is 16.2. The summed E-state index contributed by atoms with van der Waals surface area (Å²) in [5.74, 6) is 0. The van der Waals surface area contributed by atoms with Crippen LogP contribution in [0, 0.1) is 0 Å². The highest BCUT2D eigenvalue weighted by atomic mass is 79.9. The maximum Gasteiger partial charge on any atom is 0.136 e. The van der Waals surface area contributed by atoms with Gasteiger partial charge in [-0.15, -0.1) is 0 Å². The highest BCUT2D eigenvalue weighted by molar-refractivity contribution is 9.10. The molecule has 0 saturated heterocycles. The van der Waals surface area contributed by atoms with Crippen LogP contribution >= 0.6 is 27.5 Å². The lowest BCUT2D eigenvalue weighted by molar-refractivity contribution is 0.669. The molecule has 0 saturated carbocycles. The summed E-state index contributed by atoms with van der Waals surface area (Å²) in [5.41, 5.74) is 8.77. The fourth-order valence-electron chi connectivity index (χ4n) is 4.49. The number of hydrogen-bond donors (Lipinski definition) is 0. The van der Waals surface area contributed by atoms with Gasteiger partial charge in [0, 0.05) is 20.3 Å². The van der Waals surface area contributed by atoms with Crippen molar-refractivity contribution >= 4 is 49.5 Å². The predicted octanol–water partition coefficient (Wildman–Crippen LogP) is 10.0. The predicted molar refractivity (Wildman–Crippen MR) is 143 cm³/mol. The number of benzene rings is 5. The number of halogens is 2. The van der Waals surface area contributed by atoms with E-state index in [1.165, 1.54) is 22.3 Å². The Morgan fingerprint density at radius 1 is 0.515 bits per heavy atom. The zero-order valence-corrected chi connectivity index (χ0v) is 19.9. The Balaban J connectivity index is 1.53. The molecule has 0 spiro atoms. The Labute approximate surface area is 205 Å². The molecular weight excluding hydrogens is 492 g/mol. The molecule has 1 aromatic heterocycles. The molecule has 0 fully saturated rings. The van der Waals surface area contributed by atoms with Gasteiger partial charge in [-0.05, 0) is 75.8 Å². The highest BCUT2D eigenvalue weighted by Crippen LogP contribution is 2.40. The van der Waals surface area contributed by atoms with Gasteiger partial charge < -0.3 is 4.42 Å². The molecule has 0 aliphatic carbocycles. The minimum atomic E-state index is 0.739. The molecule has 0 N–H and O–H groups in total. The third-order valence-corrected chi connectivity index (χ3v) is 6.79. The Morgan fingerprint density at radius 2 is 1.12 bits per heavy atom. The zero-order valence-electron chi connectivity index (χ0n) is 17.6. The van der Waals surface area contributed by atoms with Crippen molar-refractivity contribution in [2.45, 2.75) is 0 Å². The number of fused-ring (bicyclic) bond motifs is 3. The van der Waals surface area contributed by atoms with Crippen molar-refractivity contribution in [2.75, 3.05) is 0 Å². The molecule has 1 nitrogen and oxygen atoms in total. The van der Waals surface area contributed by atoms with Crippen molar-refractivity contribution in [2.24, 2.45) is 0 Å². The molecule has 0 radical (unpaired) electrons. The van der Waals surface area contributed by atoms with Crippen molar-refractivity contribution in [1.29, 1.82) is 0 Å². The molecule has 5 aromatic carbocycles. The van der Waals surface area contributed by atoms with Crippen LogP contribution in [0.5, 0.6) is 0 Å². The van der Waals surface area contributed by atoms with E-state index in [1.54, 1.807) is 0 Å². The lowest BCUT2D eigenvalue weighted by atomic mass is 9.89. The van der Waals surface area contributed by atoms with Gasteiger partial charge in [-0.3, -0.25) is 0 Å². The first-order valence-electron chi connectivity index (χ1n) is 10.7. The number of furan rings is 1. The van der Waals surface area contributed by atoms with Crippen LogP contribution in [0.25, 0.3) is 55.3 Å². The molecule has 0 aliphatic heterocycles. The lowest BCUT2D eigenvalue weighted by Crippen LogP contribution is -1.89. The standard InChI is InChI=1S/C30H18BrClO/c31-21-12-16-29-28(18-21)27-15-11-20(17-30(27)33-29)24-6-2-4-8-26(24)25-7-3-1-5-23(25)19-9-13-22(32)14-10-19/h1-18H. The molecule has 0 atom stereocenters. The molecule has 158 valence electrons. The summed E-state index contributed by atoms with van der Waals surface area (Å²) in [7, 11) is 0. The van der Waals surface area contributed by atoms with Gasteiger partial charge in [0.15, 0.2) is 0 Å². The number of hydrogen-bond acceptors (Lipinski definition) is 1.